The predicted octanol–water partition coefficient (Wildman–Crippen LogP) is 3.96. The Morgan fingerprint density at radius 3 is 2.57 bits per heavy atom. The highest BCUT2D eigenvalue weighted by atomic mass is 16.6. The van der Waals surface area contributed by atoms with Gasteiger partial charge < -0.3 is 9.64 Å². The quantitative estimate of drug-likeness (QED) is 0.469. The molecule has 4 atom stereocenters. The van der Waals surface area contributed by atoms with Gasteiger partial charge in [-0.25, -0.2) is 0 Å². The van der Waals surface area contributed by atoms with E-state index in [2.05, 4.69) is 18.7 Å². The molecule has 1 amide bonds. The molecular formula is C27H35N3O5. The minimum absolute atomic E-state index is 0.0425. The van der Waals surface area contributed by atoms with Crippen LogP contribution in [0.15, 0.2) is 12.1 Å². The average Bonchev–Trinajstić information content (AvgIpc) is 3.17. The molecule has 2 saturated heterocycles. The van der Waals surface area contributed by atoms with Crippen molar-refractivity contribution in [3.8, 4) is 5.75 Å². The van der Waals surface area contributed by atoms with Crippen LogP contribution < -0.4 is 9.64 Å². The van der Waals surface area contributed by atoms with Crippen LogP contribution in [0.1, 0.15) is 82.1 Å². The molecule has 0 aromatic heterocycles. The van der Waals surface area contributed by atoms with Gasteiger partial charge in [-0.2, -0.15) is 0 Å². The fraction of sp³-hybridized carbons (Fsp3) is 0.704. The summed E-state index contributed by atoms with van der Waals surface area (Å²) in [4.78, 5) is 45.1. The second-order valence-electron chi connectivity index (χ2n) is 12.7. The van der Waals surface area contributed by atoms with Crippen LogP contribution in [0, 0.1) is 21.4 Å². The van der Waals surface area contributed by atoms with E-state index in [-0.39, 0.29) is 35.4 Å². The summed E-state index contributed by atoms with van der Waals surface area (Å²) in [5, 5.41) is 13.0. The first kappa shape index (κ1) is 23.0. The smallest absolute Gasteiger partial charge is 0.239 e. The summed E-state index contributed by atoms with van der Waals surface area (Å²) in [5.41, 5.74) is -1.77. The number of amides is 1. The molecule has 0 bridgehead atoms. The first-order chi connectivity index (χ1) is 16.4. The number of nitro groups is 1. The molecule has 1 spiro atoms. The van der Waals surface area contributed by atoms with Gasteiger partial charge in [0.25, 0.3) is 0 Å². The lowest BCUT2D eigenvalue weighted by Gasteiger charge is -2.49. The van der Waals surface area contributed by atoms with Crippen LogP contribution in [0.5, 0.6) is 5.75 Å². The highest BCUT2D eigenvalue weighted by Crippen LogP contribution is 2.70. The van der Waals surface area contributed by atoms with Crippen molar-refractivity contribution in [3.05, 3.63) is 33.4 Å². The standard InChI is InChI=1S/C27H35N3O5/c1-24(2)13-18(31)21-19(35-5)10-9-17-22(21)29(24)23(32)27(17)14-26(30(33)34)15-28-11-7-6-8-16(28)12-20(26)25(27,3)4/h9-10,16,20H,6-8,11-15H2,1-5H3/t16-,20+,26-,27-/m0/s1. The largest absolute Gasteiger partial charge is 0.496 e. The lowest BCUT2D eigenvalue weighted by molar-refractivity contribution is -0.584. The second kappa shape index (κ2) is 6.84. The van der Waals surface area contributed by atoms with Crippen molar-refractivity contribution in [2.45, 2.75) is 88.8 Å². The number of ketones is 1. The third kappa shape index (κ3) is 2.51. The fourth-order valence-corrected chi connectivity index (χ4v) is 8.80. The molecule has 6 rings (SSSR count). The van der Waals surface area contributed by atoms with E-state index in [4.69, 9.17) is 4.74 Å². The van der Waals surface area contributed by atoms with Crippen molar-refractivity contribution in [1.82, 2.24) is 4.90 Å². The number of benzene rings is 1. The predicted molar refractivity (Wildman–Crippen MR) is 131 cm³/mol. The van der Waals surface area contributed by atoms with Crippen molar-refractivity contribution in [1.29, 1.82) is 0 Å². The molecule has 5 aliphatic rings. The van der Waals surface area contributed by atoms with Crippen molar-refractivity contribution in [3.63, 3.8) is 0 Å². The monoisotopic (exact) mass is 481 g/mol. The number of piperidine rings is 2. The van der Waals surface area contributed by atoms with Gasteiger partial charge in [0.1, 0.15) is 5.75 Å². The van der Waals surface area contributed by atoms with Crippen LogP contribution in [0.2, 0.25) is 0 Å². The summed E-state index contributed by atoms with van der Waals surface area (Å²) in [6, 6.07) is 4.02. The summed E-state index contributed by atoms with van der Waals surface area (Å²) in [6.07, 6.45) is 4.39. The van der Waals surface area contributed by atoms with Crippen LogP contribution >= 0.6 is 0 Å². The Kier molecular flexibility index (Phi) is 4.48. The van der Waals surface area contributed by atoms with Crippen LogP contribution in [-0.2, 0) is 10.2 Å². The number of carbonyl (C=O) groups excluding carboxylic acids is 2. The lowest BCUT2D eigenvalue weighted by Crippen LogP contribution is -2.62. The van der Waals surface area contributed by atoms with Gasteiger partial charge in [-0.15, -0.1) is 0 Å². The maximum Gasteiger partial charge on any atom is 0.239 e. The molecule has 8 heteroatoms. The molecule has 1 saturated carbocycles. The van der Waals surface area contributed by atoms with Crippen LogP contribution in [0.4, 0.5) is 5.69 Å². The number of Topliss-reactive ketones (excluding diaryl/α,β-unsaturated/α-hetero) is 1. The van der Waals surface area contributed by atoms with Crippen LogP contribution in [0.3, 0.4) is 0 Å². The van der Waals surface area contributed by atoms with Gasteiger partial charge >= 0.3 is 0 Å². The molecule has 4 aliphatic heterocycles. The summed E-state index contributed by atoms with van der Waals surface area (Å²) in [7, 11) is 1.54. The van der Waals surface area contributed by atoms with Gasteiger partial charge in [0.2, 0.25) is 11.4 Å². The minimum Gasteiger partial charge on any atom is -0.496 e. The molecule has 0 unspecified atom stereocenters. The van der Waals surface area contributed by atoms with E-state index in [0.717, 1.165) is 37.8 Å². The van der Waals surface area contributed by atoms with Crippen molar-refractivity contribution in [2.75, 3.05) is 25.1 Å². The highest BCUT2D eigenvalue weighted by Gasteiger charge is 2.79. The molecule has 188 valence electrons. The number of nitrogens with zero attached hydrogens (tertiary/aromatic N) is 3. The number of methoxy groups -OCH3 is 1. The van der Waals surface area contributed by atoms with Crippen molar-refractivity contribution in [2.24, 2.45) is 11.3 Å². The Bertz CT molecular complexity index is 1180. The van der Waals surface area contributed by atoms with E-state index >= 15 is 0 Å². The van der Waals surface area contributed by atoms with E-state index < -0.39 is 21.9 Å². The third-order valence-electron chi connectivity index (χ3n) is 10.4. The summed E-state index contributed by atoms with van der Waals surface area (Å²) >= 11 is 0. The van der Waals surface area contributed by atoms with E-state index in [1.54, 1.807) is 11.0 Å². The summed E-state index contributed by atoms with van der Waals surface area (Å²) in [6.45, 7) is 9.28. The number of rotatable bonds is 2. The summed E-state index contributed by atoms with van der Waals surface area (Å²) < 4.78 is 5.56. The third-order valence-corrected chi connectivity index (χ3v) is 10.4. The molecule has 35 heavy (non-hydrogen) atoms. The first-order valence-electron chi connectivity index (χ1n) is 12.9. The molecule has 0 N–H and O–H groups in total. The van der Waals surface area contributed by atoms with Crippen LogP contribution in [0.25, 0.3) is 0 Å². The van der Waals surface area contributed by atoms with E-state index in [9.17, 15) is 19.7 Å². The molecule has 3 fully saturated rings. The Hall–Kier alpha value is -2.48. The number of ether oxygens (including phenoxy) is 1. The Labute approximate surface area is 206 Å². The number of hydrogen-bond acceptors (Lipinski definition) is 6. The highest BCUT2D eigenvalue weighted by molar-refractivity contribution is 6.19. The molecule has 1 aromatic rings. The molecule has 4 heterocycles. The average molecular weight is 482 g/mol. The Morgan fingerprint density at radius 2 is 1.89 bits per heavy atom. The topological polar surface area (TPSA) is 93.0 Å². The number of fused-ring (bicyclic) bond motifs is 3. The minimum atomic E-state index is -1.19. The number of carbonyl (C=O) groups is 2. The van der Waals surface area contributed by atoms with Gasteiger partial charge in [-0.3, -0.25) is 24.6 Å². The maximum atomic E-state index is 14.7. The zero-order chi connectivity index (χ0) is 25.1. The van der Waals surface area contributed by atoms with Crippen molar-refractivity contribution < 1.29 is 19.2 Å². The SMILES string of the molecule is COc1ccc2c3c1C(=O)CC(C)(C)N3C(=O)[C@]21C[C@]2([N+](=O)[O-])CN3CCCC[C@H]3C[C@@H]2C1(C)C. The van der Waals surface area contributed by atoms with Gasteiger partial charge in [-0.1, -0.05) is 26.3 Å². The van der Waals surface area contributed by atoms with E-state index in [1.807, 2.05) is 19.9 Å². The van der Waals surface area contributed by atoms with E-state index in [0.29, 0.717) is 29.6 Å². The number of anilines is 1. The molecule has 8 nitrogen and oxygen atoms in total. The zero-order valence-corrected chi connectivity index (χ0v) is 21.3. The normalized spacial score (nSPS) is 36.7. The first-order valence-corrected chi connectivity index (χ1v) is 12.9. The van der Waals surface area contributed by atoms with Gasteiger partial charge in [0.15, 0.2) is 5.78 Å². The van der Waals surface area contributed by atoms with Gasteiger partial charge in [-0.05, 0) is 56.7 Å². The lowest BCUT2D eigenvalue weighted by atomic mass is 9.60. The molecular weight excluding hydrogens is 446 g/mol. The van der Waals surface area contributed by atoms with Crippen LogP contribution in [-0.4, -0.2) is 58.8 Å². The number of hydrogen-bond donors (Lipinski definition) is 0. The molecule has 1 aliphatic carbocycles. The Balaban J connectivity index is 1.61. The molecule has 0 radical (unpaired) electrons. The maximum absolute atomic E-state index is 14.7. The molecule has 1 aromatic carbocycles. The fourth-order valence-electron chi connectivity index (χ4n) is 8.80. The summed E-state index contributed by atoms with van der Waals surface area (Å²) in [5.74, 6) is 0.108. The van der Waals surface area contributed by atoms with Gasteiger partial charge in [0.05, 0.1) is 30.3 Å². The Morgan fingerprint density at radius 1 is 1.14 bits per heavy atom. The second-order valence-corrected chi connectivity index (χ2v) is 12.7. The van der Waals surface area contributed by atoms with Crippen molar-refractivity contribution >= 4 is 17.4 Å². The van der Waals surface area contributed by atoms with Gasteiger partial charge in [0, 0.05) is 35.3 Å². The van der Waals surface area contributed by atoms with E-state index in [1.165, 1.54) is 7.11 Å². The zero-order valence-electron chi connectivity index (χ0n) is 21.3.